The quantitative estimate of drug-likeness (QED) is 0.685. The molecule has 2 aromatic carbocycles. The standard InChI is InChI=1S/C15H6Cl2F3NO2/c16-7-1-3-9-10(5-7)14(23)21(13(9)22)12-4-2-8(17)6-11(12)15(18,19)20/h1-6H. The second-order valence-electron chi connectivity index (χ2n) is 4.79. The molecule has 0 spiro atoms. The minimum atomic E-state index is -4.77. The van der Waals surface area contributed by atoms with Crippen molar-refractivity contribution in [1.29, 1.82) is 0 Å². The van der Waals surface area contributed by atoms with Crippen molar-refractivity contribution in [2.45, 2.75) is 6.18 Å². The van der Waals surface area contributed by atoms with Crippen LogP contribution in [0.4, 0.5) is 18.9 Å². The molecule has 2 aromatic rings. The molecule has 1 aliphatic rings. The Morgan fingerprint density at radius 3 is 2.04 bits per heavy atom. The largest absolute Gasteiger partial charge is 0.418 e. The normalized spacial score (nSPS) is 14.4. The van der Waals surface area contributed by atoms with Gasteiger partial charge in [-0.15, -0.1) is 0 Å². The van der Waals surface area contributed by atoms with Crippen LogP contribution in [0.3, 0.4) is 0 Å². The van der Waals surface area contributed by atoms with Gasteiger partial charge in [0, 0.05) is 10.0 Å². The van der Waals surface area contributed by atoms with Gasteiger partial charge in [-0.2, -0.15) is 13.2 Å². The van der Waals surface area contributed by atoms with Crippen molar-refractivity contribution in [3.05, 3.63) is 63.1 Å². The fourth-order valence-corrected chi connectivity index (χ4v) is 2.71. The number of hydrogen-bond acceptors (Lipinski definition) is 2. The van der Waals surface area contributed by atoms with E-state index in [2.05, 4.69) is 0 Å². The van der Waals surface area contributed by atoms with Gasteiger partial charge in [0.05, 0.1) is 22.4 Å². The van der Waals surface area contributed by atoms with Gasteiger partial charge < -0.3 is 0 Å². The smallest absolute Gasteiger partial charge is 0.268 e. The molecule has 3 rings (SSSR count). The van der Waals surface area contributed by atoms with Gasteiger partial charge in [0.15, 0.2) is 0 Å². The summed E-state index contributed by atoms with van der Waals surface area (Å²) in [6.45, 7) is 0. The molecule has 118 valence electrons. The first-order chi connectivity index (χ1) is 10.7. The molecule has 0 atom stereocenters. The summed E-state index contributed by atoms with van der Waals surface area (Å²) in [5.41, 5.74) is -1.76. The minimum absolute atomic E-state index is 0.00229. The second-order valence-corrected chi connectivity index (χ2v) is 5.67. The van der Waals surface area contributed by atoms with Crippen molar-refractivity contribution in [1.82, 2.24) is 0 Å². The lowest BCUT2D eigenvalue weighted by Crippen LogP contribution is -2.31. The van der Waals surface area contributed by atoms with Gasteiger partial charge in [-0.25, -0.2) is 4.90 Å². The van der Waals surface area contributed by atoms with E-state index in [1.807, 2.05) is 0 Å². The fraction of sp³-hybridized carbons (Fsp3) is 0.0667. The fourth-order valence-electron chi connectivity index (χ4n) is 2.36. The lowest BCUT2D eigenvalue weighted by atomic mass is 10.1. The summed E-state index contributed by atoms with van der Waals surface area (Å²) < 4.78 is 39.6. The maximum absolute atomic E-state index is 13.2. The maximum atomic E-state index is 13.2. The predicted molar refractivity (Wildman–Crippen MR) is 79.0 cm³/mol. The van der Waals surface area contributed by atoms with Crippen molar-refractivity contribution in [3.63, 3.8) is 0 Å². The highest BCUT2D eigenvalue weighted by Crippen LogP contribution is 2.41. The van der Waals surface area contributed by atoms with Crippen LogP contribution in [0.5, 0.6) is 0 Å². The van der Waals surface area contributed by atoms with Gasteiger partial charge in [0.2, 0.25) is 0 Å². The third-order valence-electron chi connectivity index (χ3n) is 3.35. The van der Waals surface area contributed by atoms with Crippen LogP contribution in [0.15, 0.2) is 36.4 Å². The van der Waals surface area contributed by atoms with Crippen LogP contribution in [-0.4, -0.2) is 11.8 Å². The number of nitrogens with zero attached hydrogens (tertiary/aromatic N) is 1. The number of amides is 2. The Morgan fingerprint density at radius 1 is 0.826 bits per heavy atom. The average Bonchev–Trinajstić information content (AvgIpc) is 2.70. The Hall–Kier alpha value is -2.05. The summed E-state index contributed by atoms with van der Waals surface area (Å²) in [7, 11) is 0. The van der Waals surface area contributed by atoms with E-state index < -0.39 is 29.2 Å². The van der Waals surface area contributed by atoms with E-state index in [0.29, 0.717) is 11.0 Å². The summed E-state index contributed by atoms with van der Waals surface area (Å²) in [4.78, 5) is 25.2. The molecule has 2 amide bonds. The maximum Gasteiger partial charge on any atom is 0.418 e. The number of fused-ring (bicyclic) bond motifs is 1. The lowest BCUT2D eigenvalue weighted by Gasteiger charge is -2.19. The molecular formula is C15H6Cl2F3NO2. The Bertz CT molecular complexity index is 849. The van der Waals surface area contributed by atoms with Crippen LogP contribution in [0.2, 0.25) is 10.0 Å². The molecule has 1 aliphatic heterocycles. The Morgan fingerprint density at radius 2 is 1.39 bits per heavy atom. The number of imide groups is 1. The number of hydrogen-bond donors (Lipinski definition) is 0. The zero-order valence-corrected chi connectivity index (χ0v) is 12.6. The zero-order valence-electron chi connectivity index (χ0n) is 11.1. The average molecular weight is 360 g/mol. The van der Waals surface area contributed by atoms with Crippen LogP contribution >= 0.6 is 23.2 Å². The first-order valence-corrected chi connectivity index (χ1v) is 7.01. The van der Waals surface area contributed by atoms with Crippen LogP contribution in [0, 0.1) is 0 Å². The van der Waals surface area contributed by atoms with Crippen LogP contribution in [0.25, 0.3) is 0 Å². The molecule has 0 radical (unpaired) electrons. The lowest BCUT2D eigenvalue weighted by molar-refractivity contribution is -0.137. The van der Waals surface area contributed by atoms with Gasteiger partial charge in [-0.05, 0) is 36.4 Å². The van der Waals surface area contributed by atoms with E-state index in [1.165, 1.54) is 24.3 Å². The van der Waals surface area contributed by atoms with Crippen molar-refractivity contribution in [2.24, 2.45) is 0 Å². The number of carbonyl (C=O) groups is 2. The topological polar surface area (TPSA) is 37.4 Å². The van der Waals surface area contributed by atoms with Crippen molar-refractivity contribution in [2.75, 3.05) is 4.90 Å². The number of alkyl halides is 3. The highest BCUT2D eigenvalue weighted by Gasteiger charge is 2.42. The SMILES string of the molecule is O=C1c2ccc(Cl)cc2C(=O)N1c1ccc(Cl)cc1C(F)(F)F. The molecule has 0 saturated heterocycles. The molecule has 1 heterocycles. The van der Waals surface area contributed by atoms with Gasteiger partial charge in [-0.1, -0.05) is 23.2 Å². The second kappa shape index (κ2) is 5.25. The van der Waals surface area contributed by atoms with Gasteiger partial charge in [0.1, 0.15) is 0 Å². The van der Waals surface area contributed by atoms with Gasteiger partial charge >= 0.3 is 6.18 Å². The molecule has 0 bridgehead atoms. The summed E-state index contributed by atoms with van der Waals surface area (Å²) in [6.07, 6.45) is -4.77. The third-order valence-corrected chi connectivity index (χ3v) is 3.82. The first kappa shape index (κ1) is 15.8. The zero-order chi connectivity index (χ0) is 16.9. The summed E-state index contributed by atoms with van der Waals surface area (Å²) in [5, 5.41) is 0.0552. The van der Waals surface area contributed by atoms with Crippen molar-refractivity contribution in [3.8, 4) is 0 Å². The molecule has 0 fully saturated rings. The molecule has 3 nitrogen and oxygen atoms in total. The van der Waals surface area contributed by atoms with Crippen molar-refractivity contribution >= 4 is 40.7 Å². The number of benzene rings is 2. The van der Waals surface area contributed by atoms with E-state index >= 15 is 0 Å². The van der Waals surface area contributed by atoms with Crippen LogP contribution < -0.4 is 4.90 Å². The van der Waals surface area contributed by atoms with Crippen LogP contribution in [0.1, 0.15) is 26.3 Å². The van der Waals surface area contributed by atoms with E-state index in [1.54, 1.807) is 0 Å². The van der Waals surface area contributed by atoms with Gasteiger partial charge in [-0.3, -0.25) is 9.59 Å². The summed E-state index contributed by atoms with van der Waals surface area (Å²) in [6, 6.07) is 6.80. The molecule has 0 N–H and O–H groups in total. The van der Waals surface area contributed by atoms with Crippen LogP contribution in [-0.2, 0) is 6.18 Å². The van der Waals surface area contributed by atoms with E-state index in [4.69, 9.17) is 23.2 Å². The minimum Gasteiger partial charge on any atom is -0.268 e. The van der Waals surface area contributed by atoms with E-state index in [-0.39, 0.29) is 21.2 Å². The third kappa shape index (κ3) is 2.58. The molecule has 0 aliphatic carbocycles. The van der Waals surface area contributed by atoms with Gasteiger partial charge in [0.25, 0.3) is 11.8 Å². The monoisotopic (exact) mass is 359 g/mol. The summed E-state index contributed by atoms with van der Waals surface area (Å²) >= 11 is 11.4. The molecule has 0 saturated carbocycles. The Balaban J connectivity index is 2.18. The van der Waals surface area contributed by atoms with E-state index in [9.17, 15) is 22.8 Å². The molecule has 0 aromatic heterocycles. The summed E-state index contributed by atoms with van der Waals surface area (Å²) in [5.74, 6) is -1.70. The molecule has 23 heavy (non-hydrogen) atoms. The highest BCUT2D eigenvalue weighted by molar-refractivity contribution is 6.37. The predicted octanol–water partition coefficient (Wildman–Crippen LogP) is 4.81. The number of halogens is 5. The number of carbonyl (C=O) groups excluding carboxylic acids is 2. The molecule has 8 heteroatoms. The molecular weight excluding hydrogens is 354 g/mol. The number of rotatable bonds is 1. The Labute approximate surface area is 138 Å². The number of anilines is 1. The van der Waals surface area contributed by atoms with E-state index in [0.717, 1.165) is 6.07 Å². The molecule has 0 unspecified atom stereocenters. The highest BCUT2D eigenvalue weighted by atomic mass is 35.5. The first-order valence-electron chi connectivity index (χ1n) is 6.25. The Kier molecular flexibility index (Phi) is 3.61. The van der Waals surface area contributed by atoms with Crippen molar-refractivity contribution < 1.29 is 22.8 Å².